The summed E-state index contributed by atoms with van der Waals surface area (Å²) in [5.41, 5.74) is 2.69. The van der Waals surface area contributed by atoms with E-state index >= 15 is 0 Å². The molecule has 2 aromatic carbocycles. The molecule has 1 N–H and O–H groups in total. The highest BCUT2D eigenvalue weighted by Gasteiger charge is 2.32. The predicted octanol–water partition coefficient (Wildman–Crippen LogP) is 5.46. The van der Waals surface area contributed by atoms with Gasteiger partial charge in [-0.2, -0.15) is 20.3 Å². The second kappa shape index (κ2) is 8.61. The maximum absolute atomic E-state index is 11.1. The van der Waals surface area contributed by atoms with Crippen LogP contribution >= 0.6 is 22.9 Å². The van der Waals surface area contributed by atoms with Gasteiger partial charge < -0.3 is 5.11 Å². The molecule has 0 saturated heterocycles. The van der Waals surface area contributed by atoms with Gasteiger partial charge in [-0.15, -0.1) is 0 Å². The minimum absolute atomic E-state index is 0.126. The molecule has 152 valence electrons. The summed E-state index contributed by atoms with van der Waals surface area (Å²) >= 11 is 7.33. The Labute approximate surface area is 188 Å². The number of nitrogens with zero attached hydrogens (tertiary/aromatic N) is 5. The van der Waals surface area contributed by atoms with Gasteiger partial charge in [-0.25, -0.2) is 4.98 Å². The van der Waals surface area contributed by atoms with Crippen LogP contribution in [0.25, 0.3) is 15.6 Å². The van der Waals surface area contributed by atoms with E-state index in [4.69, 9.17) is 11.6 Å². The fourth-order valence-corrected chi connectivity index (χ4v) is 4.50. The third kappa shape index (κ3) is 3.89. The van der Waals surface area contributed by atoms with Crippen LogP contribution in [0.1, 0.15) is 22.7 Å². The number of aryl methyl sites for hydroxylation is 1. The Kier molecular flexibility index (Phi) is 5.73. The highest BCUT2D eigenvalue weighted by molar-refractivity contribution is 7.17. The van der Waals surface area contributed by atoms with E-state index in [0.717, 1.165) is 16.0 Å². The summed E-state index contributed by atoms with van der Waals surface area (Å²) in [6, 6.07) is 20.7. The Morgan fingerprint density at radius 3 is 2.39 bits per heavy atom. The summed E-state index contributed by atoms with van der Waals surface area (Å²) in [6.45, 7) is 1.75. The SMILES string of the molecule is Cc1nn(-c2ncc(-c3ccc(Cl)cc3)s2)c(O)c1C(c1ccccc1)C(C#N)C#N. The van der Waals surface area contributed by atoms with E-state index in [0.29, 0.717) is 21.4 Å². The molecule has 1 unspecified atom stereocenters. The first-order chi connectivity index (χ1) is 15.0. The fourth-order valence-electron chi connectivity index (χ4n) is 3.50. The summed E-state index contributed by atoms with van der Waals surface area (Å²) in [5.74, 6) is -1.75. The second-order valence-electron chi connectivity index (χ2n) is 6.87. The average Bonchev–Trinajstić information content (AvgIpc) is 3.38. The lowest BCUT2D eigenvalue weighted by Gasteiger charge is -2.18. The molecule has 2 heterocycles. The van der Waals surface area contributed by atoms with Gasteiger partial charge in [-0.05, 0) is 30.2 Å². The molecule has 0 aliphatic heterocycles. The van der Waals surface area contributed by atoms with Crippen LogP contribution in [0.2, 0.25) is 5.02 Å². The standard InChI is InChI=1S/C23H16ClN5OS/c1-14-20(21(17(11-25)12-26)16-5-3-2-4-6-16)22(30)29(28-14)23-27-13-19(31-23)15-7-9-18(24)10-8-15/h2-10,13,17,21,30H,1H3. The van der Waals surface area contributed by atoms with E-state index in [2.05, 4.69) is 10.1 Å². The molecule has 0 aliphatic rings. The fraction of sp³-hybridized carbons (Fsp3) is 0.130. The third-order valence-corrected chi connectivity index (χ3v) is 6.24. The van der Waals surface area contributed by atoms with Gasteiger partial charge in [0.1, 0.15) is 5.92 Å². The molecule has 8 heteroatoms. The van der Waals surface area contributed by atoms with E-state index in [1.165, 1.54) is 16.0 Å². The predicted molar refractivity (Wildman–Crippen MR) is 119 cm³/mol. The number of halogens is 1. The van der Waals surface area contributed by atoms with Gasteiger partial charge in [0, 0.05) is 22.7 Å². The van der Waals surface area contributed by atoms with Crippen molar-refractivity contribution >= 4 is 22.9 Å². The molecule has 0 fully saturated rings. The van der Waals surface area contributed by atoms with Crippen LogP contribution in [0, 0.1) is 35.5 Å². The Balaban J connectivity index is 1.79. The van der Waals surface area contributed by atoms with Gasteiger partial charge >= 0.3 is 0 Å². The molecule has 0 aliphatic carbocycles. The van der Waals surface area contributed by atoms with Gasteiger partial charge in [0.2, 0.25) is 11.0 Å². The molecule has 31 heavy (non-hydrogen) atoms. The van der Waals surface area contributed by atoms with E-state index in [1.807, 2.05) is 54.6 Å². The smallest absolute Gasteiger partial charge is 0.220 e. The Hall–Kier alpha value is -3.65. The van der Waals surface area contributed by atoms with E-state index in [-0.39, 0.29) is 5.88 Å². The molecule has 0 bridgehead atoms. The van der Waals surface area contributed by atoms with Gasteiger partial charge in [0.25, 0.3) is 0 Å². The molecule has 0 saturated carbocycles. The lowest BCUT2D eigenvalue weighted by atomic mass is 9.82. The van der Waals surface area contributed by atoms with Crippen molar-refractivity contribution in [3.8, 4) is 33.6 Å². The lowest BCUT2D eigenvalue weighted by Crippen LogP contribution is -2.12. The van der Waals surface area contributed by atoms with Gasteiger partial charge in [-0.1, -0.05) is 65.4 Å². The quantitative estimate of drug-likeness (QED) is 0.439. The van der Waals surface area contributed by atoms with Crippen molar-refractivity contribution < 1.29 is 5.11 Å². The lowest BCUT2D eigenvalue weighted by molar-refractivity contribution is 0.423. The van der Waals surface area contributed by atoms with E-state index < -0.39 is 11.8 Å². The molecule has 6 nitrogen and oxygen atoms in total. The zero-order valence-electron chi connectivity index (χ0n) is 16.4. The Morgan fingerprint density at radius 1 is 1.06 bits per heavy atom. The highest BCUT2D eigenvalue weighted by atomic mass is 35.5. The molecule has 2 aromatic heterocycles. The Bertz CT molecular complexity index is 1280. The summed E-state index contributed by atoms with van der Waals surface area (Å²) in [6.07, 6.45) is 1.71. The number of hydrogen-bond acceptors (Lipinski definition) is 6. The van der Waals surface area contributed by atoms with Crippen molar-refractivity contribution in [3.05, 3.63) is 82.6 Å². The molecule has 1 atom stereocenters. The molecular formula is C23H16ClN5OS. The number of rotatable bonds is 5. The number of benzene rings is 2. The van der Waals surface area contributed by atoms with Crippen LogP contribution in [0.5, 0.6) is 5.88 Å². The first-order valence-corrected chi connectivity index (χ1v) is 10.6. The summed E-state index contributed by atoms with van der Waals surface area (Å²) in [5, 5.41) is 35.8. The van der Waals surface area contributed by atoms with Crippen LogP contribution in [0.4, 0.5) is 0 Å². The molecule has 0 amide bonds. The van der Waals surface area contributed by atoms with Crippen LogP contribution in [0.15, 0.2) is 60.8 Å². The highest BCUT2D eigenvalue weighted by Crippen LogP contribution is 2.40. The van der Waals surface area contributed by atoms with Gasteiger partial charge in [-0.3, -0.25) is 0 Å². The summed E-state index contributed by atoms with van der Waals surface area (Å²) in [4.78, 5) is 5.31. The third-order valence-electron chi connectivity index (χ3n) is 4.97. The van der Waals surface area contributed by atoms with Crippen LogP contribution < -0.4 is 0 Å². The van der Waals surface area contributed by atoms with Crippen molar-refractivity contribution in [2.24, 2.45) is 5.92 Å². The first-order valence-electron chi connectivity index (χ1n) is 9.38. The minimum atomic E-state index is -0.981. The van der Waals surface area contributed by atoms with E-state index in [9.17, 15) is 15.6 Å². The topological polar surface area (TPSA) is 98.5 Å². The minimum Gasteiger partial charge on any atom is -0.493 e. The molecule has 0 radical (unpaired) electrons. The first kappa shape index (κ1) is 20.6. The Morgan fingerprint density at radius 2 is 1.74 bits per heavy atom. The van der Waals surface area contributed by atoms with Crippen molar-refractivity contribution in [2.45, 2.75) is 12.8 Å². The zero-order valence-corrected chi connectivity index (χ0v) is 18.0. The normalized spacial score (nSPS) is 11.8. The van der Waals surface area contributed by atoms with Crippen molar-refractivity contribution in [1.82, 2.24) is 14.8 Å². The molecule has 4 rings (SSSR count). The van der Waals surface area contributed by atoms with Crippen molar-refractivity contribution in [2.75, 3.05) is 0 Å². The van der Waals surface area contributed by atoms with Gasteiger partial charge in [0.15, 0.2) is 0 Å². The molecule has 0 spiro atoms. The second-order valence-corrected chi connectivity index (χ2v) is 8.32. The van der Waals surface area contributed by atoms with E-state index in [1.54, 1.807) is 25.3 Å². The van der Waals surface area contributed by atoms with Gasteiger partial charge in [0.05, 0.1) is 22.7 Å². The van der Waals surface area contributed by atoms with Crippen LogP contribution in [-0.4, -0.2) is 19.9 Å². The number of thiazole rings is 1. The van der Waals surface area contributed by atoms with Crippen LogP contribution in [0.3, 0.4) is 0 Å². The monoisotopic (exact) mass is 445 g/mol. The maximum Gasteiger partial charge on any atom is 0.220 e. The van der Waals surface area contributed by atoms with Crippen molar-refractivity contribution in [3.63, 3.8) is 0 Å². The maximum atomic E-state index is 11.1. The largest absolute Gasteiger partial charge is 0.493 e. The average molecular weight is 446 g/mol. The summed E-state index contributed by atoms with van der Waals surface area (Å²) in [7, 11) is 0. The zero-order chi connectivity index (χ0) is 22.0. The number of aromatic hydroxyl groups is 1. The van der Waals surface area contributed by atoms with Crippen molar-refractivity contribution in [1.29, 1.82) is 10.5 Å². The molecule has 4 aromatic rings. The number of nitriles is 2. The molecular weight excluding hydrogens is 430 g/mol. The number of hydrogen-bond donors (Lipinski definition) is 1. The number of aromatic nitrogens is 3. The van der Waals surface area contributed by atoms with Crippen LogP contribution in [-0.2, 0) is 0 Å². The summed E-state index contributed by atoms with van der Waals surface area (Å²) < 4.78 is 1.36.